The molecule has 1 N–H and O–H groups in total. The third-order valence-electron chi connectivity index (χ3n) is 3.03. The first kappa shape index (κ1) is 16.2. The molecule has 0 aromatic carbocycles. The maximum Gasteiger partial charge on any atom is 0.410 e. The molecule has 0 saturated carbocycles. The van der Waals surface area contributed by atoms with Crippen LogP contribution in [0.5, 0.6) is 0 Å². The van der Waals surface area contributed by atoms with E-state index in [-0.39, 0.29) is 12.1 Å². The van der Waals surface area contributed by atoms with Gasteiger partial charge in [0.05, 0.1) is 19.3 Å². The lowest BCUT2D eigenvalue weighted by molar-refractivity contribution is -0.0355. The van der Waals surface area contributed by atoms with Gasteiger partial charge in [0, 0.05) is 12.6 Å². The summed E-state index contributed by atoms with van der Waals surface area (Å²) in [5, 5.41) is 3.37. The molecule has 0 bridgehead atoms. The van der Waals surface area contributed by atoms with Crippen LogP contribution in [0, 0.1) is 0 Å². The van der Waals surface area contributed by atoms with Crippen molar-refractivity contribution >= 4 is 6.09 Å². The molecule has 1 heterocycles. The summed E-state index contributed by atoms with van der Waals surface area (Å²) in [6.07, 6.45) is 0.650. The van der Waals surface area contributed by atoms with E-state index in [0.29, 0.717) is 25.8 Å². The molecule has 0 aromatic rings. The number of ether oxygens (including phenoxy) is 2. The third-order valence-corrected chi connectivity index (χ3v) is 3.03. The average Bonchev–Trinajstić information content (AvgIpc) is 2.27. The second-order valence-corrected chi connectivity index (χ2v) is 6.10. The number of rotatable bonds is 4. The summed E-state index contributed by atoms with van der Waals surface area (Å²) >= 11 is 0. The molecule has 5 nitrogen and oxygen atoms in total. The van der Waals surface area contributed by atoms with E-state index in [2.05, 4.69) is 19.2 Å². The summed E-state index contributed by atoms with van der Waals surface area (Å²) in [5.74, 6) is 0. The van der Waals surface area contributed by atoms with E-state index < -0.39 is 5.60 Å². The smallest absolute Gasteiger partial charge is 0.410 e. The predicted octanol–water partition coefficient (Wildman–Crippen LogP) is 2.01. The summed E-state index contributed by atoms with van der Waals surface area (Å²) < 4.78 is 11.0. The Kier molecular flexibility index (Phi) is 6.07. The molecule has 1 fully saturated rings. The number of hydrogen-bond acceptors (Lipinski definition) is 4. The Labute approximate surface area is 116 Å². The number of nitrogens with one attached hydrogen (secondary N) is 1. The van der Waals surface area contributed by atoms with Crippen LogP contribution in [-0.2, 0) is 9.47 Å². The molecule has 1 aliphatic heterocycles. The van der Waals surface area contributed by atoms with Gasteiger partial charge in [-0.3, -0.25) is 0 Å². The van der Waals surface area contributed by atoms with Gasteiger partial charge in [-0.05, 0) is 40.7 Å². The number of amides is 1. The van der Waals surface area contributed by atoms with E-state index in [1.54, 1.807) is 0 Å². The van der Waals surface area contributed by atoms with Gasteiger partial charge in [0.1, 0.15) is 5.60 Å². The van der Waals surface area contributed by atoms with Crippen molar-refractivity contribution in [1.29, 1.82) is 0 Å². The number of nitrogens with zero attached hydrogens (tertiary/aromatic N) is 1. The lowest BCUT2D eigenvalue weighted by Crippen LogP contribution is -2.52. The number of morpholine rings is 1. The highest BCUT2D eigenvalue weighted by Crippen LogP contribution is 2.17. The zero-order valence-electron chi connectivity index (χ0n) is 12.9. The Morgan fingerprint density at radius 3 is 2.79 bits per heavy atom. The van der Waals surface area contributed by atoms with Gasteiger partial charge in [-0.15, -0.1) is 0 Å². The van der Waals surface area contributed by atoms with Crippen LogP contribution in [-0.4, -0.2) is 55.0 Å². The minimum absolute atomic E-state index is 0.0950. The Hall–Kier alpha value is -0.810. The summed E-state index contributed by atoms with van der Waals surface area (Å²) in [6, 6.07) is 0.458. The minimum Gasteiger partial charge on any atom is -0.444 e. The van der Waals surface area contributed by atoms with Crippen LogP contribution in [0.15, 0.2) is 0 Å². The first-order chi connectivity index (χ1) is 8.83. The van der Waals surface area contributed by atoms with Gasteiger partial charge in [-0.2, -0.15) is 0 Å². The van der Waals surface area contributed by atoms with Crippen LogP contribution in [0.1, 0.15) is 41.0 Å². The van der Waals surface area contributed by atoms with E-state index in [1.807, 2.05) is 25.7 Å². The van der Waals surface area contributed by atoms with Crippen molar-refractivity contribution in [2.75, 3.05) is 26.3 Å². The van der Waals surface area contributed by atoms with Crippen molar-refractivity contribution in [1.82, 2.24) is 10.2 Å². The molecule has 0 aliphatic carbocycles. The van der Waals surface area contributed by atoms with E-state index in [1.165, 1.54) is 0 Å². The maximum absolute atomic E-state index is 12.2. The third kappa shape index (κ3) is 5.78. The highest BCUT2D eigenvalue weighted by Gasteiger charge is 2.31. The highest BCUT2D eigenvalue weighted by molar-refractivity contribution is 5.68. The van der Waals surface area contributed by atoms with Gasteiger partial charge in [-0.1, -0.05) is 6.92 Å². The van der Waals surface area contributed by atoms with E-state index in [9.17, 15) is 4.79 Å². The fraction of sp³-hybridized carbons (Fsp3) is 0.929. The largest absolute Gasteiger partial charge is 0.444 e. The average molecular weight is 272 g/mol. The lowest BCUT2D eigenvalue weighted by Gasteiger charge is -2.37. The fourth-order valence-electron chi connectivity index (χ4n) is 2.25. The molecular weight excluding hydrogens is 244 g/mol. The summed E-state index contributed by atoms with van der Waals surface area (Å²) in [5.41, 5.74) is -0.451. The quantitative estimate of drug-likeness (QED) is 0.850. The van der Waals surface area contributed by atoms with Crippen LogP contribution in [0.4, 0.5) is 4.79 Å². The van der Waals surface area contributed by atoms with Gasteiger partial charge in [0.2, 0.25) is 0 Å². The monoisotopic (exact) mass is 272 g/mol. The van der Waals surface area contributed by atoms with Crippen molar-refractivity contribution in [2.24, 2.45) is 0 Å². The summed E-state index contributed by atoms with van der Waals surface area (Å²) in [6.45, 7) is 12.6. The highest BCUT2D eigenvalue weighted by atomic mass is 16.6. The molecule has 0 aromatic heterocycles. The Morgan fingerprint density at radius 2 is 2.21 bits per heavy atom. The number of carbonyl (C=O) groups is 1. The van der Waals surface area contributed by atoms with Gasteiger partial charge < -0.3 is 19.7 Å². The van der Waals surface area contributed by atoms with Gasteiger partial charge in [0.15, 0.2) is 0 Å². The maximum atomic E-state index is 12.2. The van der Waals surface area contributed by atoms with E-state index in [4.69, 9.17) is 9.47 Å². The summed E-state index contributed by atoms with van der Waals surface area (Å²) in [7, 11) is 0. The van der Waals surface area contributed by atoms with E-state index in [0.717, 1.165) is 13.0 Å². The first-order valence-corrected chi connectivity index (χ1v) is 7.14. The van der Waals surface area contributed by atoms with Crippen LogP contribution in [0.3, 0.4) is 0 Å². The molecule has 1 amide bonds. The Morgan fingerprint density at radius 1 is 1.53 bits per heavy atom. The number of hydrogen-bond donors (Lipinski definition) is 1. The molecule has 0 spiro atoms. The zero-order valence-corrected chi connectivity index (χ0v) is 12.9. The minimum atomic E-state index is -0.451. The van der Waals surface area contributed by atoms with Crippen molar-refractivity contribution < 1.29 is 14.3 Å². The van der Waals surface area contributed by atoms with Crippen LogP contribution in [0.2, 0.25) is 0 Å². The molecule has 2 atom stereocenters. The first-order valence-electron chi connectivity index (χ1n) is 7.14. The Balaban J connectivity index is 2.59. The van der Waals surface area contributed by atoms with Gasteiger partial charge in [-0.25, -0.2) is 4.79 Å². The van der Waals surface area contributed by atoms with Gasteiger partial charge in [0.25, 0.3) is 0 Å². The molecule has 112 valence electrons. The Bertz CT molecular complexity index is 289. The van der Waals surface area contributed by atoms with Crippen LogP contribution in [0.25, 0.3) is 0 Å². The molecule has 1 aliphatic rings. The van der Waals surface area contributed by atoms with Crippen molar-refractivity contribution in [3.05, 3.63) is 0 Å². The van der Waals surface area contributed by atoms with Crippen LogP contribution >= 0.6 is 0 Å². The zero-order chi connectivity index (χ0) is 14.5. The fourth-order valence-corrected chi connectivity index (χ4v) is 2.25. The van der Waals surface area contributed by atoms with Crippen molar-refractivity contribution in [2.45, 2.75) is 58.7 Å². The van der Waals surface area contributed by atoms with Crippen LogP contribution < -0.4 is 5.32 Å². The molecule has 0 radical (unpaired) electrons. The molecule has 5 heteroatoms. The normalized spacial score (nSPS) is 22.2. The SMILES string of the molecule is CCNC(C)CC1COCCN1C(=O)OC(C)(C)C. The molecular formula is C14H28N2O3. The molecule has 19 heavy (non-hydrogen) atoms. The van der Waals surface area contributed by atoms with E-state index >= 15 is 0 Å². The molecule has 2 unspecified atom stereocenters. The van der Waals surface area contributed by atoms with Crippen molar-refractivity contribution in [3.63, 3.8) is 0 Å². The standard InChI is InChI=1S/C14H28N2O3/c1-6-15-11(2)9-12-10-18-8-7-16(12)13(17)19-14(3,4)5/h11-12,15H,6-10H2,1-5H3. The molecule has 1 saturated heterocycles. The second kappa shape index (κ2) is 7.10. The second-order valence-electron chi connectivity index (χ2n) is 6.10. The topological polar surface area (TPSA) is 50.8 Å². The summed E-state index contributed by atoms with van der Waals surface area (Å²) in [4.78, 5) is 14.0. The van der Waals surface area contributed by atoms with Gasteiger partial charge >= 0.3 is 6.09 Å². The van der Waals surface area contributed by atoms with Crippen molar-refractivity contribution in [3.8, 4) is 0 Å². The predicted molar refractivity (Wildman–Crippen MR) is 75.3 cm³/mol. The lowest BCUT2D eigenvalue weighted by atomic mass is 10.1. The molecule has 1 rings (SSSR count). The number of carbonyl (C=O) groups excluding carboxylic acids is 1.